The van der Waals surface area contributed by atoms with Crippen molar-refractivity contribution in [3.63, 3.8) is 0 Å². The minimum Gasteiger partial charge on any atom is -1.00 e. The normalized spacial score (nSPS) is 43.1. The maximum atomic E-state index is 11.8. The molecule has 7 nitrogen and oxygen atoms in total. The number of carbonyl (C=O) groups excluding carboxylic acids is 2. The van der Waals surface area contributed by atoms with E-state index in [1.807, 2.05) is 0 Å². The van der Waals surface area contributed by atoms with Crippen LogP contribution in [0.5, 0.6) is 0 Å². The molecular formula is C31H50ClN2O5-. The molecule has 3 saturated carbocycles. The standard InChI is InChI=1S/C31H50N2O5.ClH/c1-18(17-36-27(34)15-32)5-8-25-19(2)29-26(38-25)14-24-22-7-6-20-13-21(37-28(35)16-33)9-11-30(20,3)23(22)10-12-31(24,29)4;/h6,18-19,21-26,29H,5,7-17,32-33H2,1-4H3;1H/p-1/t18-,19-,21?,22-,23+,24+,25-,26+,29+,30+,31+;/m1./s1. The Bertz CT molecular complexity index is 944. The molecule has 0 aromatic carbocycles. The van der Waals surface area contributed by atoms with Gasteiger partial charge in [-0.2, -0.15) is 0 Å². The van der Waals surface area contributed by atoms with Crippen molar-refractivity contribution >= 4 is 11.9 Å². The predicted molar refractivity (Wildman–Crippen MR) is 146 cm³/mol. The number of ether oxygens (including phenoxy) is 3. The fourth-order valence-electron chi connectivity index (χ4n) is 9.81. The summed E-state index contributed by atoms with van der Waals surface area (Å²) >= 11 is 0. The number of hydrogen-bond acceptors (Lipinski definition) is 7. The largest absolute Gasteiger partial charge is 1.00 e. The van der Waals surface area contributed by atoms with Crippen molar-refractivity contribution in [2.45, 2.75) is 104 Å². The Morgan fingerprint density at radius 3 is 2.59 bits per heavy atom. The van der Waals surface area contributed by atoms with Gasteiger partial charge in [0, 0.05) is 6.42 Å². The van der Waals surface area contributed by atoms with Crippen LogP contribution in [-0.4, -0.2) is 49.9 Å². The molecule has 4 fully saturated rings. The smallest absolute Gasteiger partial charge is 0.319 e. The van der Waals surface area contributed by atoms with Crippen molar-refractivity contribution in [3.8, 4) is 0 Å². The van der Waals surface area contributed by atoms with Crippen LogP contribution in [0.15, 0.2) is 11.6 Å². The van der Waals surface area contributed by atoms with Gasteiger partial charge in [-0.3, -0.25) is 9.59 Å². The van der Waals surface area contributed by atoms with Gasteiger partial charge < -0.3 is 38.1 Å². The average molecular weight is 566 g/mol. The molecule has 0 amide bonds. The van der Waals surface area contributed by atoms with Crippen LogP contribution in [0.2, 0.25) is 0 Å². The number of allylic oxidation sites excluding steroid dienone is 1. The van der Waals surface area contributed by atoms with Crippen molar-refractivity contribution in [2.24, 2.45) is 57.8 Å². The number of hydrogen-bond donors (Lipinski definition) is 2. The molecule has 0 bridgehead atoms. The zero-order valence-electron chi connectivity index (χ0n) is 24.3. The van der Waals surface area contributed by atoms with Crippen LogP contribution in [0.25, 0.3) is 0 Å². The highest BCUT2D eigenvalue weighted by Gasteiger charge is 2.65. The van der Waals surface area contributed by atoms with Crippen LogP contribution in [0, 0.1) is 46.3 Å². The third-order valence-corrected chi connectivity index (χ3v) is 11.8. The molecule has 1 heterocycles. The zero-order chi connectivity index (χ0) is 27.2. The molecule has 4 N–H and O–H groups in total. The number of nitrogens with two attached hydrogens (primary N) is 2. The summed E-state index contributed by atoms with van der Waals surface area (Å²) in [6.07, 6.45) is 13.1. The molecule has 0 aromatic rings. The van der Waals surface area contributed by atoms with Gasteiger partial charge in [0.05, 0.1) is 31.9 Å². The summed E-state index contributed by atoms with van der Waals surface area (Å²) in [4.78, 5) is 23.2. The molecule has 8 heteroatoms. The van der Waals surface area contributed by atoms with Gasteiger partial charge in [-0.25, -0.2) is 0 Å². The van der Waals surface area contributed by atoms with E-state index in [0.29, 0.717) is 47.9 Å². The van der Waals surface area contributed by atoms with E-state index in [1.165, 1.54) is 24.8 Å². The molecule has 1 unspecified atom stereocenters. The van der Waals surface area contributed by atoms with Crippen molar-refractivity contribution < 1.29 is 36.2 Å². The maximum Gasteiger partial charge on any atom is 0.319 e. The lowest BCUT2D eigenvalue weighted by Gasteiger charge is -2.58. The molecule has 11 atom stereocenters. The maximum absolute atomic E-state index is 11.8. The first-order valence-corrected chi connectivity index (χ1v) is 15.2. The van der Waals surface area contributed by atoms with Gasteiger partial charge in [0.25, 0.3) is 0 Å². The first-order valence-electron chi connectivity index (χ1n) is 15.2. The number of halogens is 1. The van der Waals surface area contributed by atoms with Crippen LogP contribution in [-0.2, 0) is 23.8 Å². The van der Waals surface area contributed by atoms with E-state index in [2.05, 4.69) is 33.8 Å². The topological polar surface area (TPSA) is 114 Å². The van der Waals surface area contributed by atoms with Crippen LogP contribution in [0.1, 0.15) is 85.5 Å². The van der Waals surface area contributed by atoms with Gasteiger partial charge >= 0.3 is 11.9 Å². The number of carbonyl (C=O) groups is 2. The van der Waals surface area contributed by atoms with Crippen LogP contribution in [0.3, 0.4) is 0 Å². The van der Waals surface area contributed by atoms with Gasteiger partial charge in [-0.15, -0.1) is 0 Å². The second-order valence-electron chi connectivity index (χ2n) is 13.8. The summed E-state index contributed by atoms with van der Waals surface area (Å²) in [6.45, 7) is 10.0. The fraction of sp³-hybridized carbons (Fsp3) is 0.871. The van der Waals surface area contributed by atoms with E-state index in [1.54, 1.807) is 0 Å². The molecule has 1 saturated heterocycles. The minimum absolute atomic E-state index is 0. The van der Waals surface area contributed by atoms with E-state index >= 15 is 0 Å². The summed E-state index contributed by atoms with van der Waals surface area (Å²) in [7, 11) is 0. The Balaban J connectivity index is 0.00000353. The summed E-state index contributed by atoms with van der Waals surface area (Å²) in [5.41, 5.74) is 12.9. The first kappa shape index (κ1) is 30.8. The van der Waals surface area contributed by atoms with Crippen molar-refractivity contribution in [1.29, 1.82) is 0 Å². The summed E-state index contributed by atoms with van der Waals surface area (Å²) < 4.78 is 17.7. The molecule has 5 aliphatic rings. The lowest BCUT2D eigenvalue weighted by Crippen LogP contribution is -3.00. The number of fused-ring (bicyclic) bond motifs is 7. The summed E-state index contributed by atoms with van der Waals surface area (Å²) in [5.74, 6) is 3.06. The lowest BCUT2D eigenvalue weighted by molar-refractivity contribution is -0.149. The summed E-state index contributed by atoms with van der Waals surface area (Å²) in [5, 5.41) is 0. The molecule has 5 rings (SSSR count). The van der Waals surface area contributed by atoms with Crippen LogP contribution in [0.4, 0.5) is 0 Å². The summed E-state index contributed by atoms with van der Waals surface area (Å²) in [6, 6.07) is 0. The van der Waals surface area contributed by atoms with E-state index in [9.17, 15) is 9.59 Å². The molecule has 0 radical (unpaired) electrons. The third-order valence-electron chi connectivity index (χ3n) is 11.8. The fourth-order valence-corrected chi connectivity index (χ4v) is 9.81. The van der Waals surface area contributed by atoms with Gasteiger partial charge in [0.15, 0.2) is 0 Å². The van der Waals surface area contributed by atoms with E-state index in [-0.39, 0.29) is 49.0 Å². The highest BCUT2D eigenvalue weighted by molar-refractivity contribution is 5.71. The highest BCUT2D eigenvalue weighted by Crippen LogP contribution is 2.69. The Hall–Kier alpha value is -1.15. The van der Waals surface area contributed by atoms with Gasteiger partial charge in [0.1, 0.15) is 6.10 Å². The van der Waals surface area contributed by atoms with E-state index in [0.717, 1.165) is 50.4 Å². The van der Waals surface area contributed by atoms with Gasteiger partial charge in [0.2, 0.25) is 0 Å². The van der Waals surface area contributed by atoms with Crippen molar-refractivity contribution in [1.82, 2.24) is 0 Å². The predicted octanol–water partition coefficient (Wildman–Crippen LogP) is 1.37. The number of esters is 2. The van der Waals surface area contributed by atoms with Crippen molar-refractivity contribution in [2.75, 3.05) is 19.7 Å². The minimum atomic E-state index is -0.326. The molecule has 0 aromatic heterocycles. The number of rotatable bonds is 8. The Labute approximate surface area is 240 Å². The quantitative estimate of drug-likeness (QED) is 0.337. The molecule has 0 spiro atoms. The molecule has 222 valence electrons. The van der Waals surface area contributed by atoms with Crippen molar-refractivity contribution in [3.05, 3.63) is 11.6 Å². The second kappa shape index (κ2) is 12.0. The van der Waals surface area contributed by atoms with E-state index in [4.69, 9.17) is 25.7 Å². The van der Waals surface area contributed by atoms with Crippen LogP contribution >= 0.6 is 0 Å². The zero-order valence-corrected chi connectivity index (χ0v) is 25.1. The average Bonchev–Trinajstić information content (AvgIpc) is 3.38. The van der Waals surface area contributed by atoms with Gasteiger partial charge in [-0.05, 0) is 97.7 Å². The lowest BCUT2D eigenvalue weighted by atomic mass is 9.47. The monoisotopic (exact) mass is 565 g/mol. The first-order chi connectivity index (χ1) is 18.1. The molecule has 4 aliphatic carbocycles. The highest BCUT2D eigenvalue weighted by atomic mass is 35.5. The Kier molecular flexibility index (Phi) is 9.47. The molecular weight excluding hydrogens is 516 g/mol. The Morgan fingerprint density at radius 2 is 1.87 bits per heavy atom. The van der Waals surface area contributed by atoms with Crippen LogP contribution < -0.4 is 23.9 Å². The SMILES string of the molecule is C[C@H](CC[C@H]1O[C@H]2C[C@H]3[C@@H]4CC=C5CC(OC(=O)CN)CC[C@]5(C)[C@H]4CC[C@]3(C)[C@H]2[C@@H]1C)COC(=O)CN.[Cl-]. The second-order valence-corrected chi connectivity index (χ2v) is 13.8. The Morgan fingerprint density at radius 1 is 1.13 bits per heavy atom. The van der Waals surface area contributed by atoms with E-state index < -0.39 is 0 Å². The molecule has 1 aliphatic heterocycles. The molecule has 39 heavy (non-hydrogen) atoms. The third kappa shape index (κ3) is 5.54. The van der Waals surface area contributed by atoms with Gasteiger partial charge in [-0.1, -0.05) is 39.3 Å².